The van der Waals surface area contributed by atoms with Crippen LogP contribution in [0.5, 0.6) is 0 Å². The summed E-state index contributed by atoms with van der Waals surface area (Å²) in [6.45, 7) is 10.6. The molecule has 0 spiro atoms. The van der Waals surface area contributed by atoms with Crippen LogP contribution in [0.25, 0.3) is 0 Å². The number of halogens is 1. The predicted molar refractivity (Wildman–Crippen MR) is 119 cm³/mol. The Balaban J connectivity index is 0.00000338. The summed E-state index contributed by atoms with van der Waals surface area (Å²) in [5, 5.41) is 3.55. The van der Waals surface area contributed by atoms with Crippen LogP contribution in [0.15, 0.2) is 4.99 Å². The smallest absolute Gasteiger partial charge is 0.193 e. The van der Waals surface area contributed by atoms with Gasteiger partial charge in [-0.05, 0) is 44.6 Å². The van der Waals surface area contributed by atoms with Gasteiger partial charge in [-0.1, -0.05) is 6.92 Å². The summed E-state index contributed by atoms with van der Waals surface area (Å²) in [5.41, 5.74) is 0. The van der Waals surface area contributed by atoms with Crippen molar-refractivity contribution in [2.45, 2.75) is 45.1 Å². The van der Waals surface area contributed by atoms with E-state index in [1.54, 1.807) is 7.11 Å². The second kappa shape index (κ2) is 14.0. The Bertz CT molecular complexity index is 390. The highest BCUT2D eigenvalue weighted by atomic mass is 127. The summed E-state index contributed by atoms with van der Waals surface area (Å²) >= 11 is 0. The Morgan fingerprint density at radius 3 is 2.58 bits per heavy atom. The summed E-state index contributed by atoms with van der Waals surface area (Å²) in [7, 11) is 3.63. The Labute approximate surface area is 177 Å². The molecule has 26 heavy (non-hydrogen) atoms. The third kappa shape index (κ3) is 8.71. The fourth-order valence-corrected chi connectivity index (χ4v) is 3.84. The zero-order chi connectivity index (χ0) is 17.9. The molecule has 0 amide bonds. The lowest BCUT2D eigenvalue weighted by Crippen LogP contribution is -2.49. The van der Waals surface area contributed by atoms with Gasteiger partial charge in [0.2, 0.25) is 0 Å². The number of nitrogens with zero attached hydrogens (tertiary/aromatic N) is 3. The van der Waals surface area contributed by atoms with Crippen LogP contribution in [0.3, 0.4) is 0 Å². The lowest BCUT2D eigenvalue weighted by molar-refractivity contribution is 0.00989. The highest BCUT2D eigenvalue weighted by Crippen LogP contribution is 2.15. The van der Waals surface area contributed by atoms with E-state index in [1.165, 1.54) is 25.9 Å². The van der Waals surface area contributed by atoms with E-state index < -0.39 is 0 Å². The van der Waals surface area contributed by atoms with Gasteiger partial charge in [0.05, 0.1) is 6.10 Å². The number of methoxy groups -OCH3 is 1. The average molecular weight is 482 g/mol. The maximum absolute atomic E-state index is 5.94. The molecule has 0 aliphatic carbocycles. The van der Waals surface area contributed by atoms with Gasteiger partial charge in [-0.25, -0.2) is 0 Å². The lowest BCUT2D eigenvalue weighted by Gasteiger charge is -2.35. The summed E-state index contributed by atoms with van der Waals surface area (Å²) in [6, 6.07) is 0. The molecular weight excluding hydrogens is 443 g/mol. The minimum Gasteiger partial charge on any atom is -0.385 e. The van der Waals surface area contributed by atoms with Crippen molar-refractivity contribution >= 4 is 29.9 Å². The minimum absolute atomic E-state index is 0. The topological polar surface area (TPSA) is 49.3 Å². The zero-order valence-corrected chi connectivity index (χ0v) is 19.2. The average Bonchev–Trinajstić information content (AvgIpc) is 2.63. The van der Waals surface area contributed by atoms with Gasteiger partial charge in [-0.2, -0.15) is 0 Å². The van der Waals surface area contributed by atoms with Crippen LogP contribution in [0.4, 0.5) is 0 Å². The standard InChI is InChI=1S/C19H38N4O2.HI/c1-17-6-4-10-22(16-17)13-9-21-19(20-2)23-11-7-18(8-12-23)25-15-5-14-24-3;/h17-18H,4-16H2,1-3H3,(H,20,21);1H. The third-order valence-electron chi connectivity index (χ3n) is 5.25. The van der Waals surface area contributed by atoms with Crippen LogP contribution < -0.4 is 5.32 Å². The number of hydrogen-bond acceptors (Lipinski definition) is 4. The normalized spacial score (nSPS) is 23.0. The molecule has 1 N–H and O–H groups in total. The highest BCUT2D eigenvalue weighted by Gasteiger charge is 2.22. The molecule has 2 fully saturated rings. The van der Waals surface area contributed by atoms with Crippen molar-refractivity contribution in [3.8, 4) is 0 Å². The van der Waals surface area contributed by atoms with Crippen LogP contribution in [0.1, 0.15) is 39.0 Å². The van der Waals surface area contributed by atoms with E-state index >= 15 is 0 Å². The van der Waals surface area contributed by atoms with Crippen LogP contribution in [-0.2, 0) is 9.47 Å². The van der Waals surface area contributed by atoms with Crippen LogP contribution >= 0.6 is 24.0 Å². The SMILES string of the molecule is CN=C(NCCN1CCCC(C)C1)N1CCC(OCCCOC)CC1.I. The molecule has 7 heteroatoms. The minimum atomic E-state index is 0. The molecule has 2 saturated heterocycles. The number of aliphatic imine (C=N–C) groups is 1. The molecule has 0 aromatic heterocycles. The Morgan fingerprint density at radius 2 is 1.92 bits per heavy atom. The van der Waals surface area contributed by atoms with E-state index in [4.69, 9.17) is 9.47 Å². The number of nitrogens with one attached hydrogen (secondary N) is 1. The van der Waals surface area contributed by atoms with Crippen molar-refractivity contribution in [2.75, 3.05) is 66.6 Å². The third-order valence-corrected chi connectivity index (χ3v) is 5.25. The van der Waals surface area contributed by atoms with Gasteiger partial charge < -0.3 is 24.6 Å². The summed E-state index contributed by atoms with van der Waals surface area (Å²) in [6.07, 6.45) is 6.26. The molecule has 0 radical (unpaired) electrons. The van der Waals surface area contributed by atoms with E-state index in [2.05, 4.69) is 27.0 Å². The maximum Gasteiger partial charge on any atom is 0.193 e. The molecule has 2 rings (SSSR count). The largest absolute Gasteiger partial charge is 0.385 e. The van der Waals surface area contributed by atoms with Crippen molar-refractivity contribution in [3.63, 3.8) is 0 Å². The van der Waals surface area contributed by atoms with E-state index in [-0.39, 0.29) is 24.0 Å². The van der Waals surface area contributed by atoms with Crippen LogP contribution in [0, 0.1) is 5.92 Å². The molecule has 2 aliphatic heterocycles. The number of piperidine rings is 2. The zero-order valence-electron chi connectivity index (χ0n) is 16.9. The van der Waals surface area contributed by atoms with E-state index in [0.717, 1.165) is 70.5 Å². The molecule has 0 aromatic rings. The first-order chi connectivity index (χ1) is 12.2. The molecule has 2 heterocycles. The highest BCUT2D eigenvalue weighted by molar-refractivity contribution is 14.0. The van der Waals surface area contributed by atoms with E-state index in [1.807, 2.05) is 7.05 Å². The van der Waals surface area contributed by atoms with Crippen LogP contribution in [-0.4, -0.2) is 88.5 Å². The molecule has 2 aliphatic rings. The maximum atomic E-state index is 5.94. The number of ether oxygens (including phenoxy) is 2. The first kappa shape index (κ1) is 23.9. The Kier molecular flexibility index (Phi) is 12.8. The summed E-state index contributed by atoms with van der Waals surface area (Å²) in [5.74, 6) is 1.89. The van der Waals surface area contributed by atoms with Crippen molar-refractivity contribution in [3.05, 3.63) is 0 Å². The number of rotatable bonds is 8. The number of hydrogen-bond donors (Lipinski definition) is 1. The molecule has 6 nitrogen and oxygen atoms in total. The van der Waals surface area contributed by atoms with Crippen molar-refractivity contribution in [1.29, 1.82) is 0 Å². The van der Waals surface area contributed by atoms with Gasteiger partial charge in [-0.3, -0.25) is 4.99 Å². The molecule has 1 atom stereocenters. The molecule has 0 saturated carbocycles. The molecule has 0 bridgehead atoms. The molecule has 0 aromatic carbocycles. The number of guanidine groups is 1. The second-order valence-corrected chi connectivity index (χ2v) is 7.43. The van der Waals surface area contributed by atoms with Crippen molar-refractivity contribution in [2.24, 2.45) is 10.9 Å². The number of likely N-dealkylation sites (tertiary alicyclic amines) is 2. The van der Waals surface area contributed by atoms with Gasteiger partial charge >= 0.3 is 0 Å². The molecular formula is C19H39IN4O2. The Hall–Kier alpha value is -0.120. The predicted octanol–water partition coefficient (Wildman–Crippen LogP) is 2.43. The monoisotopic (exact) mass is 482 g/mol. The van der Waals surface area contributed by atoms with Gasteiger partial charge in [0.15, 0.2) is 5.96 Å². The Morgan fingerprint density at radius 1 is 1.15 bits per heavy atom. The molecule has 1 unspecified atom stereocenters. The van der Waals surface area contributed by atoms with Gasteiger partial charge in [0, 0.05) is 60.1 Å². The van der Waals surface area contributed by atoms with Crippen molar-refractivity contribution < 1.29 is 9.47 Å². The van der Waals surface area contributed by atoms with Crippen LogP contribution in [0.2, 0.25) is 0 Å². The van der Waals surface area contributed by atoms with E-state index in [0.29, 0.717) is 6.10 Å². The van der Waals surface area contributed by atoms with Gasteiger partial charge in [-0.15, -0.1) is 24.0 Å². The second-order valence-electron chi connectivity index (χ2n) is 7.43. The van der Waals surface area contributed by atoms with Gasteiger partial charge in [0.25, 0.3) is 0 Å². The van der Waals surface area contributed by atoms with Gasteiger partial charge in [0.1, 0.15) is 0 Å². The fourth-order valence-electron chi connectivity index (χ4n) is 3.84. The lowest BCUT2D eigenvalue weighted by atomic mass is 10.0. The van der Waals surface area contributed by atoms with Crippen molar-refractivity contribution in [1.82, 2.24) is 15.1 Å². The summed E-state index contributed by atoms with van der Waals surface area (Å²) < 4.78 is 11.0. The molecule has 154 valence electrons. The summed E-state index contributed by atoms with van der Waals surface area (Å²) in [4.78, 5) is 9.42. The fraction of sp³-hybridized carbons (Fsp3) is 0.947. The first-order valence-corrected chi connectivity index (χ1v) is 10.0. The quantitative estimate of drug-likeness (QED) is 0.249. The first-order valence-electron chi connectivity index (χ1n) is 10.0. The van der Waals surface area contributed by atoms with E-state index in [9.17, 15) is 0 Å².